The first-order valence-electron chi connectivity index (χ1n) is 7.70. The van der Waals surface area contributed by atoms with E-state index in [1.165, 1.54) is 0 Å². The molecule has 0 aliphatic carbocycles. The lowest BCUT2D eigenvalue weighted by Gasteiger charge is -2.31. The molecule has 0 aliphatic heterocycles. The summed E-state index contributed by atoms with van der Waals surface area (Å²) in [5.74, 6) is 1.08. The van der Waals surface area contributed by atoms with Gasteiger partial charge in [0, 0.05) is 24.5 Å². The number of carbonyl (C=O) groups excluding carboxylic acids is 1. The Hall–Kier alpha value is -1.55. The lowest BCUT2D eigenvalue weighted by atomic mass is 10.1. The number of rotatable bonds is 7. The fraction of sp³-hybridized carbons (Fsp3) is 0.588. The zero-order chi connectivity index (χ0) is 16.0. The van der Waals surface area contributed by atoms with Crippen molar-refractivity contribution in [3.05, 3.63) is 24.3 Å². The summed E-state index contributed by atoms with van der Waals surface area (Å²) in [7, 11) is 0. The van der Waals surface area contributed by atoms with Gasteiger partial charge in [-0.1, -0.05) is 33.8 Å². The maximum absolute atomic E-state index is 12.4. The van der Waals surface area contributed by atoms with Crippen LogP contribution in [-0.2, 0) is 4.79 Å². The van der Waals surface area contributed by atoms with Crippen LogP contribution >= 0.6 is 0 Å². The number of nitrogens with two attached hydrogens (primary N) is 1. The van der Waals surface area contributed by atoms with Gasteiger partial charge in [0.05, 0.1) is 6.04 Å². The summed E-state index contributed by atoms with van der Waals surface area (Å²) >= 11 is 0. The zero-order valence-corrected chi connectivity index (χ0v) is 13.9. The Labute approximate surface area is 128 Å². The highest BCUT2D eigenvalue weighted by molar-refractivity contribution is 5.94. The van der Waals surface area contributed by atoms with Gasteiger partial charge in [-0.3, -0.25) is 9.69 Å². The lowest BCUT2D eigenvalue weighted by molar-refractivity contribution is -0.121. The van der Waals surface area contributed by atoms with Crippen LogP contribution in [0.4, 0.5) is 11.4 Å². The summed E-state index contributed by atoms with van der Waals surface area (Å²) < 4.78 is 0. The van der Waals surface area contributed by atoms with Crippen molar-refractivity contribution in [1.82, 2.24) is 4.90 Å². The molecule has 0 saturated carbocycles. The van der Waals surface area contributed by atoms with E-state index in [0.717, 1.165) is 18.8 Å². The molecular formula is C17H29N3O. The number of nitrogens with one attached hydrogen (secondary N) is 1. The first-order valence-corrected chi connectivity index (χ1v) is 7.70. The Morgan fingerprint density at radius 3 is 2.19 bits per heavy atom. The maximum Gasteiger partial charge on any atom is 0.241 e. The molecule has 1 rings (SSSR count). The summed E-state index contributed by atoms with van der Waals surface area (Å²) in [6.07, 6.45) is 0. The quantitative estimate of drug-likeness (QED) is 0.758. The molecule has 21 heavy (non-hydrogen) atoms. The van der Waals surface area contributed by atoms with Gasteiger partial charge >= 0.3 is 0 Å². The number of nitrogen functional groups attached to an aromatic ring is 1. The predicted molar refractivity (Wildman–Crippen MR) is 90.2 cm³/mol. The van der Waals surface area contributed by atoms with Crippen molar-refractivity contribution in [2.75, 3.05) is 24.1 Å². The Morgan fingerprint density at radius 2 is 1.71 bits per heavy atom. The highest BCUT2D eigenvalue weighted by Crippen LogP contribution is 2.14. The molecule has 0 bridgehead atoms. The number of carbonyl (C=O) groups is 1. The van der Waals surface area contributed by atoms with Crippen molar-refractivity contribution in [2.45, 2.75) is 40.7 Å². The van der Waals surface area contributed by atoms with Gasteiger partial charge < -0.3 is 11.1 Å². The highest BCUT2D eigenvalue weighted by Gasteiger charge is 2.22. The van der Waals surface area contributed by atoms with Crippen LogP contribution in [0.2, 0.25) is 0 Å². The molecule has 1 unspecified atom stereocenters. The minimum atomic E-state index is -0.156. The molecule has 0 heterocycles. The van der Waals surface area contributed by atoms with Crippen molar-refractivity contribution < 1.29 is 4.79 Å². The molecule has 0 aromatic heterocycles. The van der Waals surface area contributed by atoms with E-state index in [1.54, 1.807) is 6.07 Å². The zero-order valence-electron chi connectivity index (χ0n) is 13.9. The summed E-state index contributed by atoms with van der Waals surface area (Å²) in [6, 6.07) is 7.13. The fourth-order valence-electron chi connectivity index (χ4n) is 2.36. The van der Waals surface area contributed by atoms with Crippen LogP contribution in [0.3, 0.4) is 0 Å². The Bertz CT molecular complexity index is 447. The average molecular weight is 291 g/mol. The normalized spacial score (nSPS) is 13.0. The molecule has 4 heteroatoms. The minimum absolute atomic E-state index is 0.0156. The molecule has 0 spiro atoms. The molecule has 1 aromatic carbocycles. The van der Waals surface area contributed by atoms with Crippen LogP contribution in [0, 0.1) is 11.8 Å². The molecule has 0 saturated heterocycles. The van der Waals surface area contributed by atoms with Crippen LogP contribution in [0.25, 0.3) is 0 Å². The summed E-state index contributed by atoms with van der Waals surface area (Å²) in [5.41, 5.74) is 7.15. The van der Waals surface area contributed by atoms with Gasteiger partial charge in [0.2, 0.25) is 5.91 Å². The third kappa shape index (κ3) is 6.17. The van der Waals surface area contributed by atoms with E-state index in [-0.39, 0.29) is 11.9 Å². The van der Waals surface area contributed by atoms with Crippen LogP contribution in [0.15, 0.2) is 24.3 Å². The smallest absolute Gasteiger partial charge is 0.241 e. The van der Waals surface area contributed by atoms with E-state index in [2.05, 4.69) is 37.9 Å². The molecule has 1 atom stereocenters. The Kier molecular flexibility index (Phi) is 6.69. The van der Waals surface area contributed by atoms with E-state index >= 15 is 0 Å². The van der Waals surface area contributed by atoms with Gasteiger partial charge in [-0.25, -0.2) is 0 Å². The lowest BCUT2D eigenvalue weighted by Crippen LogP contribution is -2.45. The summed E-state index contributed by atoms with van der Waals surface area (Å²) in [5, 5.41) is 2.95. The third-order valence-corrected chi connectivity index (χ3v) is 3.28. The molecule has 1 amide bonds. The van der Waals surface area contributed by atoms with E-state index in [1.807, 2.05) is 25.1 Å². The van der Waals surface area contributed by atoms with Crippen LogP contribution in [-0.4, -0.2) is 29.9 Å². The number of amides is 1. The van der Waals surface area contributed by atoms with E-state index in [9.17, 15) is 4.79 Å². The second kappa shape index (κ2) is 8.03. The SMILES string of the molecule is CC(C)CN(CC(C)C)C(C)C(=O)Nc1cccc(N)c1. The van der Waals surface area contributed by atoms with Crippen molar-refractivity contribution in [1.29, 1.82) is 0 Å². The number of nitrogens with zero attached hydrogens (tertiary/aromatic N) is 1. The molecule has 0 fully saturated rings. The van der Waals surface area contributed by atoms with Gasteiger partial charge in [0.25, 0.3) is 0 Å². The summed E-state index contributed by atoms with van der Waals surface area (Å²) in [4.78, 5) is 14.7. The van der Waals surface area contributed by atoms with Crippen molar-refractivity contribution in [3.8, 4) is 0 Å². The molecule has 0 aliphatic rings. The molecule has 1 aromatic rings. The minimum Gasteiger partial charge on any atom is -0.399 e. The Morgan fingerprint density at radius 1 is 1.14 bits per heavy atom. The van der Waals surface area contributed by atoms with Gasteiger partial charge in [-0.15, -0.1) is 0 Å². The largest absolute Gasteiger partial charge is 0.399 e. The molecule has 0 radical (unpaired) electrons. The van der Waals surface area contributed by atoms with Crippen LogP contribution in [0.1, 0.15) is 34.6 Å². The fourth-order valence-corrected chi connectivity index (χ4v) is 2.36. The van der Waals surface area contributed by atoms with Crippen LogP contribution < -0.4 is 11.1 Å². The summed E-state index contributed by atoms with van der Waals surface area (Å²) in [6.45, 7) is 12.5. The standard InChI is InChI=1S/C17H29N3O/c1-12(2)10-20(11-13(3)4)14(5)17(21)19-16-8-6-7-15(18)9-16/h6-9,12-14H,10-11,18H2,1-5H3,(H,19,21). The van der Waals surface area contributed by atoms with Gasteiger partial charge in [0.1, 0.15) is 0 Å². The maximum atomic E-state index is 12.4. The molecule has 4 nitrogen and oxygen atoms in total. The van der Waals surface area contributed by atoms with Gasteiger partial charge in [-0.05, 0) is 37.0 Å². The third-order valence-electron chi connectivity index (χ3n) is 3.28. The second-order valence-corrected chi connectivity index (χ2v) is 6.53. The number of anilines is 2. The predicted octanol–water partition coefficient (Wildman–Crippen LogP) is 3.21. The highest BCUT2D eigenvalue weighted by atomic mass is 16.2. The number of benzene rings is 1. The number of hydrogen-bond acceptors (Lipinski definition) is 3. The van der Waals surface area contributed by atoms with Gasteiger partial charge in [0.15, 0.2) is 0 Å². The van der Waals surface area contributed by atoms with E-state index in [4.69, 9.17) is 5.73 Å². The Balaban J connectivity index is 2.72. The van der Waals surface area contributed by atoms with Crippen molar-refractivity contribution in [2.24, 2.45) is 11.8 Å². The first-order chi connectivity index (χ1) is 9.79. The second-order valence-electron chi connectivity index (χ2n) is 6.53. The molecule has 3 N–H and O–H groups in total. The van der Waals surface area contributed by atoms with E-state index in [0.29, 0.717) is 17.5 Å². The molecular weight excluding hydrogens is 262 g/mol. The van der Waals surface area contributed by atoms with Gasteiger partial charge in [-0.2, -0.15) is 0 Å². The van der Waals surface area contributed by atoms with E-state index < -0.39 is 0 Å². The first kappa shape index (κ1) is 17.5. The van der Waals surface area contributed by atoms with Crippen molar-refractivity contribution >= 4 is 17.3 Å². The monoisotopic (exact) mass is 291 g/mol. The molecule has 118 valence electrons. The van der Waals surface area contributed by atoms with Crippen molar-refractivity contribution in [3.63, 3.8) is 0 Å². The average Bonchev–Trinajstić information content (AvgIpc) is 2.35. The van der Waals surface area contributed by atoms with Crippen LogP contribution in [0.5, 0.6) is 0 Å². The number of hydrogen-bond donors (Lipinski definition) is 2. The topological polar surface area (TPSA) is 58.4 Å².